The van der Waals surface area contributed by atoms with Gasteiger partial charge in [0, 0.05) is 18.7 Å². The molecule has 2 heterocycles. The van der Waals surface area contributed by atoms with Crippen molar-refractivity contribution in [3.05, 3.63) is 89.4 Å². The zero-order valence-corrected chi connectivity index (χ0v) is 18.6. The van der Waals surface area contributed by atoms with Crippen molar-refractivity contribution in [3.63, 3.8) is 0 Å². The van der Waals surface area contributed by atoms with Crippen molar-refractivity contribution in [3.8, 4) is 0 Å². The first-order chi connectivity index (χ1) is 15.9. The number of fused-ring (bicyclic) bond motifs is 1. The molecule has 1 aliphatic heterocycles. The lowest BCUT2D eigenvalue weighted by Gasteiger charge is -2.34. The molecule has 0 aliphatic carbocycles. The molecule has 0 saturated heterocycles. The molecule has 1 N–H and O–H groups in total. The Hall–Kier alpha value is -3.87. The summed E-state index contributed by atoms with van der Waals surface area (Å²) in [6, 6.07) is 17.5. The summed E-state index contributed by atoms with van der Waals surface area (Å²) in [4.78, 5) is 39.8. The quantitative estimate of drug-likeness (QED) is 0.575. The molecule has 170 valence electrons. The Bertz CT molecular complexity index is 1150. The van der Waals surface area contributed by atoms with Gasteiger partial charge in [0.15, 0.2) is 12.4 Å². The van der Waals surface area contributed by atoms with Gasteiger partial charge in [0.25, 0.3) is 11.8 Å². The van der Waals surface area contributed by atoms with E-state index in [0.29, 0.717) is 18.0 Å². The summed E-state index contributed by atoms with van der Waals surface area (Å²) >= 11 is 0. The van der Waals surface area contributed by atoms with Gasteiger partial charge in [-0.05, 0) is 46.9 Å². The van der Waals surface area contributed by atoms with Gasteiger partial charge < -0.3 is 19.4 Å². The molecule has 0 saturated carbocycles. The number of hydrogen-bond acceptors (Lipinski definition) is 5. The summed E-state index contributed by atoms with van der Waals surface area (Å²) in [5.74, 6) is -0.993. The number of amides is 2. The highest BCUT2D eigenvalue weighted by Crippen LogP contribution is 2.26. The third-order valence-electron chi connectivity index (χ3n) is 5.70. The van der Waals surface area contributed by atoms with E-state index < -0.39 is 30.4 Å². The Morgan fingerprint density at radius 3 is 2.58 bits per heavy atom. The van der Waals surface area contributed by atoms with Crippen molar-refractivity contribution in [1.82, 2.24) is 4.90 Å². The van der Waals surface area contributed by atoms with E-state index in [1.807, 2.05) is 42.5 Å². The minimum Gasteiger partial charge on any atom is -0.459 e. The fraction of sp³-hybridized carbons (Fsp3) is 0.269. The molecule has 1 aromatic heterocycles. The summed E-state index contributed by atoms with van der Waals surface area (Å²) < 4.78 is 10.6. The Morgan fingerprint density at radius 1 is 1.06 bits per heavy atom. The second kappa shape index (κ2) is 9.73. The van der Waals surface area contributed by atoms with E-state index in [1.165, 1.54) is 11.2 Å². The second-order valence-corrected chi connectivity index (χ2v) is 8.34. The fourth-order valence-electron chi connectivity index (χ4n) is 3.89. The smallest absolute Gasteiger partial charge is 0.329 e. The van der Waals surface area contributed by atoms with Gasteiger partial charge in [-0.2, -0.15) is 0 Å². The number of hydrogen-bond donors (Lipinski definition) is 1. The third kappa shape index (κ3) is 5.14. The first-order valence-electron chi connectivity index (χ1n) is 10.9. The number of carbonyl (C=O) groups is 3. The molecule has 33 heavy (non-hydrogen) atoms. The van der Waals surface area contributed by atoms with Crippen LogP contribution in [0.5, 0.6) is 0 Å². The highest BCUT2D eigenvalue weighted by atomic mass is 16.5. The molecule has 2 amide bonds. The molecule has 2 aromatic carbocycles. The van der Waals surface area contributed by atoms with E-state index in [1.54, 1.807) is 18.2 Å². The number of nitrogens with zero attached hydrogens (tertiary/aromatic N) is 1. The standard InChI is InChI=1S/C26H26N2O5/c1-17(2)18-9-5-10-21(13-18)27-24(29)16-33-26(31)22-14-19-7-3-4-8-20(19)15-28(22)25(30)23-11-6-12-32-23/h3-13,17,22H,14-16H2,1-2H3,(H,27,29)/t22-/m0/s1. The molecule has 7 heteroatoms. The Morgan fingerprint density at radius 2 is 1.85 bits per heavy atom. The van der Waals surface area contributed by atoms with Crippen LogP contribution in [0.3, 0.4) is 0 Å². The highest BCUT2D eigenvalue weighted by molar-refractivity contribution is 5.96. The SMILES string of the molecule is CC(C)c1cccc(NC(=O)COC(=O)[C@@H]2Cc3ccccc3CN2C(=O)c2ccco2)c1. The lowest BCUT2D eigenvalue weighted by molar-refractivity contribution is -0.152. The average molecular weight is 447 g/mol. The Kier molecular flexibility index (Phi) is 6.58. The van der Waals surface area contributed by atoms with Crippen molar-refractivity contribution < 1.29 is 23.5 Å². The molecular formula is C26H26N2O5. The maximum Gasteiger partial charge on any atom is 0.329 e. The van der Waals surface area contributed by atoms with Crippen LogP contribution in [-0.2, 0) is 27.3 Å². The predicted molar refractivity (Wildman–Crippen MR) is 123 cm³/mol. The summed E-state index contributed by atoms with van der Waals surface area (Å²) in [7, 11) is 0. The van der Waals surface area contributed by atoms with Crippen molar-refractivity contribution in [2.75, 3.05) is 11.9 Å². The molecule has 3 aromatic rings. The molecule has 1 aliphatic rings. The molecule has 0 radical (unpaired) electrons. The molecule has 1 atom stereocenters. The highest BCUT2D eigenvalue weighted by Gasteiger charge is 2.37. The third-order valence-corrected chi connectivity index (χ3v) is 5.70. The van der Waals surface area contributed by atoms with Crippen LogP contribution in [0.1, 0.15) is 47.0 Å². The zero-order valence-electron chi connectivity index (χ0n) is 18.6. The van der Waals surface area contributed by atoms with Gasteiger partial charge in [0.2, 0.25) is 0 Å². The molecular weight excluding hydrogens is 420 g/mol. The minimum absolute atomic E-state index is 0.148. The van der Waals surface area contributed by atoms with E-state index in [2.05, 4.69) is 19.2 Å². The van der Waals surface area contributed by atoms with Crippen LogP contribution in [0.4, 0.5) is 5.69 Å². The largest absolute Gasteiger partial charge is 0.459 e. The van der Waals surface area contributed by atoms with Gasteiger partial charge in [-0.25, -0.2) is 4.79 Å². The molecule has 7 nitrogen and oxygen atoms in total. The zero-order chi connectivity index (χ0) is 23.4. The number of rotatable bonds is 6. The maximum absolute atomic E-state index is 13.0. The molecule has 4 rings (SSSR count). The number of carbonyl (C=O) groups excluding carboxylic acids is 3. The van der Waals surface area contributed by atoms with Crippen LogP contribution in [0, 0.1) is 0 Å². The van der Waals surface area contributed by atoms with E-state index in [-0.39, 0.29) is 12.3 Å². The van der Waals surface area contributed by atoms with Gasteiger partial charge in [0.05, 0.1) is 6.26 Å². The second-order valence-electron chi connectivity index (χ2n) is 8.34. The van der Waals surface area contributed by atoms with Gasteiger partial charge in [-0.1, -0.05) is 50.2 Å². The van der Waals surface area contributed by atoms with Crippen molar-refractivity contribution in [1.29, 1.82) is 0 Å². The van der Waals surface area contributed by atoms with Crippen LogP contribution >= 0.6 is 0 Å². The first kappa shape index (κ1) is 22.3. The monoisotopic (exact) mass is 446 g/mol. The van der Waals surface area contributed by atoms with Gasteiger partial charge >= 0.3 is 5.97 Å². The van der Waals surface area contributed by atoms with Crippen LogP contribution in [0.15, 0.2) is 71.3 Å². The van der Waals surface area contributed by atoms with Gasteiger partial charge in [0.1, 0.15) is 6.04 Å². The first-order valence-corrected chi connectivity index (χ1v) is 10.9. The van der Waals surface area contributed by atoms with E-state index in [4.69, 9.17) is 9.15 Å². The predicted octanol–water partition coefficient (Wildman–Crippen LogP) is 4.15. The van der Waals surface area contributed by atoms with Crippen molar-refractivity contribution in [2.45, 2.75) is 38.8 Å². The maximum atomic E-state index is 13.0. The number of benzene rings is 2. The lowest BCUT2D eigenvalue weighted by atomic mass is 9.93. The molecule has 0 bridgehead atoms. The number of furan rings is 1. The van der Waals surface area contributed by atoms with Crippen molar-refractivity contribution in [2.24, 2.45) is 0 Å². The summed E-state index contributed by atoms with van der Waals surface area (Å²) in [5.41, 5.74) is 3.67. The number of anilines is 1. The molecule has 0 spiro atoms. The van der Waals surface area contributed by atoms with Crippen LogP contribution in [0.25, 0.3) is 0 Å². The molecule has 0 fully saturated rings. The topological polar surface area (TPSA) is 88.9 Å². The fourth-order valence-corrected chi connectivity index (χ4v) is 3.89. The van der Waals surface area contributed by atoms with Crippen molar-refractivity contribution >= 4 is 23.5 Å². The average Bonchev–Trinajstić information content (AvgIpc) is 3.36. The Labute approximate surface area is 192 Å². The summed E-state index contributed by atoms with van der Waals surface area (Å²) in [5, 5.41) is 2.76. The lowest BCUT2D eigenvalue weighted by Crippen LogP contribution is -2.49. The van der Waals surface area contributed by atoms with Gasteiger partial charge in [-0.15, -0.1) is 0 Å². The number of nitrogens with one attached hydrogen (secondary N) is 1. The van der Waals surface area contributed by atoms with E-state index >= 15 is 0 Å². The Balaban J connectivity index is 1.44. The summed E-state index contributed by atoms with van der Waals surface area (Å²) in [6.07, 6.45) is 1.72. The van der Waals surface area contributed by atoms with Crippen LogP contribution in [-0.4, -0.2) is 35.3 Å². The normalized spacial score (nSPS) is 15.1. The van der Waals surface area contributed by atoms with Crippen LogP contribution in [0.2, 0.25) is 0 Å². The number of esters is 1. The minimum atomic E-state index is -0.852. The summed E-state index contributed by atoms with van der Waals surface area (Å²) in [6.45, 7) is 3.96. The van der Waals surface area contributed by atoms with Gasteiger partial charge in [-0.3, -0.25) is 9.59 Å². The van der Waals surface area contributed by atoms with Crippen LogP contribution < -0.4 is 5.32 Å². The molecule has 0 unspecified atom stereocenters. The van der Waals surface area contributed by atoms with E-state index in [9.17, 15) is 14.4 Å². The van der Waals surface area contributed by atoms with E-state index in [0.717, 1.165) is 16.7 Å². The number of ether oxygens (including phenoxy) is 1.